The van der Waals surface area contributed by atoms with Crippen LogP contribution < -0.4 is 15.4 Å². The second-order valence-corrected chi connectivity index (χ2v) is 19.1. The maximum absolute atomic E-state index is 15.6. The van der Waals surface area contributed by atoms with Crippen LogP contribution in [-0.4, -0.2) is 82.9 Å². The first-order valence-corrected chi connectivity index (χ1v) is 19.6. The van der Waals surface area contributed by atoms with Crippen LogP contribution in [0.1, 0.15) is 64.0 Å². The first-order chi connectivity index (χ1) is 23.0. The minimum Gasteiger partial charge on any atom is -0.467 e. The Morgan fingerprint density at radius 2 is 1.80 bits per heavy atom. The summed E-state index contributed by atoms with van der Waals surface area (Å²) in [5.41, 5.74) is -0.0177. The molecule has 2 heterocycles. The molecule has 2 amide bonds. The lowest BCUT2D eigenvalue weighted by molar-refractivity contribution is -0.152. The number of carbonyl (C=O) groups excluding carboxylic acids is 3. The third-order valence-electron chi connectivity index (χ3n) is 8.29. The molecule has 13 heteroatoms. The first kappa shape index (κ1) is 38.0. The monoisotopic (exact) mass is 702 g/mol. The molecule has 0 bridgehead atoms. The molecule has 11 nitrogen and oxygen atoms in total. The van der Waals surface area contributed by atoms with Gasteiger partial charge in [0, 0.05) is 24.6 Å². The van der Waals surface area contributed by atoms with E-state index in [0.717, 1.165) is 36.0 Å². The number of hydrogen-bond donors (Lipinski definition) is 2. The molecule has 1 aliphatic carbocycles. The number of pyridine rings is 1. The van der Waals surface area contributed by atoms with E-state index in [0.29, 0.717) is 43.1 Å². The van der Waals surface area contributed by atoms with E-state index in [2.05, 4.69) is 34.4 Å². The van der Waals surface area contributed by atoms with Crippen molar-refractivity contribution in [3.63, 3.8) is 0 Å². The third-order valence-corrected chi connectivity index (χ3v) is 9.68. The fourth-order valence-corrected chi connectivity index (χ4v) is 6.48. The average molecular weight is 703 g/mol. The van der Waals surface area contributed by atoms with Gasteiger partial charge in [-0.2, -0.15) is 0 Å². The number of hydrogen-bond acceptors (Lipinski definition) is 8. The van der Waals surface area contributed by atoms with Crippen molar-refractivity contribution in [3.05, 3.63) is 53.6 Å². The number of methoxy groups -OCH3 is 1. The fraction of sp³-hybridized carbons (Fsp3) is 0.556. The number of halogens is 1. The molecule has 0 saturated heterocycles. The van der Waals surface area contributed by atoms with Crippen molar-refractivity contribution in [1.82, 2.24) is 20.2 Å². The van der Waals surface area contributed by atoms with E-state index < -0.39 is 51.0 Å². The number of nitrogens with zero attached hydrogens (tertiary/aromatic N) is 2. The molecule has 3 aromatic rings. The molecule has 1 aliphatic rings. The number of carbonyl (C=O) groups is 3. The summed E-state index contributed by atoms with van der Waals surface area (Å²) in [7, 11) is 0.617. The maximum atomic E-state index is 15.6. The summed E-state index contributed by atoms with van der Waals surface area (Å²) in [5, 5.41) is 6.22. The van der Waals surface area contributed by atoms with Crippen molar-refractivity contribution in [1.29, 1.82) is 0 Å². The minimum atomic E-state index is -1.20. The topological polar surface area (TPSA) is 130 Å². The Morgan fingerprint density at radius 1 is 1.08 bits per heavy atom. The lowest BCUT2D eigenvalue weighted by Crippen LogP contribution is -2.61. The molecular weight excluding hydrogens is 651 g/mol. The lowest BCUT2D eigenvalue weighted by Gasteiger charge is -2.36. The highest BCUT2D eigenvalue weighted by Crippen LogP contribution is 2.35. The zero-order valence-corrected chi connectivity index (χ0v) is 30.8. The maximum Gasteiger partial charge on any atom is 0.408 e. The highest BCUT2D eigenvalue weighted by atomic mass is 32.3. The third kappa shape index (κ3) is 10.3. The van der Waals surface area contributed by atoms with Gasteiger partial charge in [0.25, 0.3) is 0 Å². The Bertz CT molecular complexity index is 1640. The molecule has 1 atom stereocenters. The van der Waals surface area contributed by atoms with E-state index in [-0.39, 0.29) is 12.2 Å². The molecule has 0 radical (unpaired) electrons. The number of alkyl carbamates (subject to hydrolysis) is 1. The Kier molecular flexibility index (Phi) is 12.2. The van der Waals surface area contributed by atoms with Gasteiger partial charge in [0.05, 0.1) is 19.1 Å². The number of benzene rings is 1. The number of amides is 2. The van der Waals surface area contributed by atoms with Gasteiger partial charge < -0.3 is 34.1 Å². The number of aryl methyl sites for hydroxylation is 1. The van der Waals surface area contributed by atoms with Crippen LogP contribution in [0.2, 0.25) is 0 Å². The normalized spacial score (nSPS) is 15.7. The van der Waals surface area contributed by atoms with Crippen LogP contribution in [-0.2, 0) is 37.0 Å². The van der Waals surface area contributed by atoms with Crippen molar-refractivity contribution in [3.8, 4) is 11.5 Å². The molecule has 1 aromatic carbocycles. The predicted molar refractivity (Wildman–Crippen MR) is 190 cm³/mol. The second kappa shape index (κ2) is 15.8. The largest absolute Gasteiger partial charge is 0.467 e. The van der Waals surface area contributed by atoms with Gasteiger partial charge in [0.2, 0.25) is 5.91 Å². The van der Waals surface area contributed by atoms with Crippen LogP contribution in [0.25, 0.3) is 11.0 Å². The molecule has 0 unspecified atom stereocenters. The number of nitrogens with one attached hydrogen (secondary N) is 2. The second-order valence-electron chi connectivity index (χ2n) is 14.5. The summed E-state index contributed by atoms with van der Waals surface area (Å²) in [4.78, 5) is 43.8. The Balaban J connectivity index is 1.53. The Hall–Kier alpha value is -3.84. The van der Waals surface area contributed by atoms with Gasteiger partial charge >= 0.3 is 12.1 Å². The molecule has 0 aliphatic heterocycles. The van der Waals surface area contributed by atoms with Crippen LogP contribution in [0.4, 0.5) is 9.18 Å². The molecular formula is C36H51FN4O7S. The quantitative estimate of drug-likeness (QED) is 0.155. The standard InChI is InChI=1S/C36H51FN4O7S/c1-24-22-41(23-46-18-19-49(6,7)8)31-30(24)29(14-17-38-31)47-28-13-12-25(20-26(28)37)21-27(39-34(44)48-35(2,3)4)32(42)40-36(33(43)45-5)15-10-9-11-16-36/h12-14,17,20,22,27H,9-11,15-16,18-19,21,23H2,1-8H3,(H,39,44)(H,40,42)/t27-/m0/s1. The van der Waals surface area contributed by atoms with Gasteiger partial charge in [-0.1, -0.05) is 25.3 Å². The summed E-state index contributed by atoms with van der Waals surface area (Å²) in [6, 6.07) is 4.90. The predicted octanol–water partition coefficient (Wildman–Crippen LogP) is 6.37. The van der Waals surface area contributed by atoms with Gasteiger partial charge in [-0.05, 0) is 88.6 Å². The van der Waals surface area contributed by atoms with E-state index in [1.165, 1.54) is 19.2 Å². The van der Waals surface area contributed by atoms with E-state index in [4.69, 9.17) is 18.9 Å². The SMILES string of the molecule is COC(=O)C1(NC(=O)[C@H](Cc2ccc(Oc3ccnc4c3c(C)cn4COCCS(C)(C)C)c(F)c2)NC(=O)OC(C)(C)C)CCCCC1. The molecule has 1 saturated carbocycles. The van der Waals surface area contributed by atoms with Crippen LogP contribution in [0, 0.1) is 12.7 Å². The molecule has 1 fully saturated rings. The highest BCUT2D eigenvalue weighted by Gasteiger charge is 2.43. The van der Waals surface area contributed by atoms with Gasteiger partial charge in [-0.15, -0.1) is 0 Å². The van der Waals surface area contributed by atoms with Crippen LogP contribution >= 0.6 is 10.0 Å². The van der Waals surface area contributed by atoms with E-state index in [9.17, 15) is 14.4 Å². The number of fused-ring (bicyclic) bond motifs is 1. The number of aromatic nitrogens is 2. The van der Waals surface area contributed by atoms with Gasteiger partial charge in [0.15, 0.2) is 11.6 Å². The zero-order valence-electron chi connectivity index (χ0n) is 29.9. The zero-order chi connectivity index (χ0) is 36.0. The fourth-order valence-electron chi connectivity index (χ4n) is 5.86. The minimum absolute atomic E-state index is 0.0132. The van der Waals surface area contributed by atoms with Crippen LogP contribution in [0.15, 0.2) is 36.7 Å². The van der Waals surface area contributed by atoms with E-state index in [1.807, 2.05) is 17.7 Å². The van der Waals surface area contributed by atoms with Crippen molar-refractivity contribution in [2.24, 2.45) is 0 Å². The number of ether oxygens (including phenoxy) is 4. The summed E-state index contributed by atoms with van der Waals surface area (Å²) in [6.07, 6.45) is 12.7. The first-order valence-electron chi connectivity index (χ1n) is 16.5. The van der Waals surface area contributed by atoms with Crippen molar-refractivity contribution in [2.45, 2.75) is 90.1 Å². The molecule has 49 heavy (non-hydrogen) atoms. The van der Waals surface area contributed by atoms with Crippen molar-refractivity contribution < 1.29 is 37.7 Å². The summed E-state index contributed by atoms with van der Waals surface area (Å²) in [6.45, 7) is 8.05. The molecule has 270 valence electrons. The highest BCUT2D eigenvalue weighted by molar-refractivity contribution is 8.32. The molecule has 0 spiro atoms. The summed E-state index contributed by atoms with van der Waals surface area (Å²) >= 11 is 0. The van der Waals surface area contributed by atoms with Gasteiger partial charge in [-0.3, -0.25) is 4.79 Å². The Morgan fingerprint density at radius 3 is 2.43 bits per heavy atom. The molecule has 4 rings (SSSR count). The smallest absolute Gasteiger partial charge is 0.408 e. The number of rotatable bonds is 13. The van der Waals surface area contributed by atoms with E-state index >= 15 is 4.39 Å². The lowest BCUT2D eigenvalue weighted by atomic mass is 9.81. The van der Waals surface area contributed by atoms with Crippen molar-refractivity contribution >= 4 is 39.0 Å². The van der Waals surface area contributed by atoms with Crippen molar-refractivity contribution in [2.75, 3.05) is 38.2 Å². The number of esters is 1. The molecule has 2 aromatic heterocycles. The summed E-state index contributed by atoms with van der Waals surface area (Å²) in [5.74, 6) is -0.353. The van der Waals surface area contributed by atoms with Gasteiger partial charge in [0.1, 0.15) is 35.3 Å². The van der Waals surface area contributed by atoms with Crippen LogP contribution in [0.3, 0.4) is 0 Å². The van der Waals surface area contributed by atoms with Crippen LogP contribution in [0.5, 0.6) is 11.5 Å². The molecule has 2 N–H and O–H groups in total. The van der Waals surface area contributed by atoms with Gasteiger partial charge in [-0.25, -0.2) is 29.0 Å². The Labute approximate surface area is 289 Å². The average Bonchev–Trinajstić information content (AvgIpc) is 3.34. The summed E-state index contributed by atoms with van der Waals surface area (Å²) < 4.78 is 40.0. The van der Waals surface area contributed by atoms with E-state index in [1.54, 1.807) is 39.1 Å².